The smallest absolute Gasteiger partial charge is 0.0900 e. The molecule has 0 saturated carbocycles. The van der Waals surface area contributed by atoms with Crippen molar-refractivity contribution in [2.45, 2.75) is 72.1 Å². The lowest BCUT2D eigenvalue weighted by atomic mass is 10.1. The van der Waals surface area contributed by atoms with Gasteiger partial charge in [-0.3, -0.25) is 4.90 Å². The Morgan fingerprint density at radius 3 is 2.29 bits per heavy atom. The third-order valence-corrected chi connectivity index (χ3v) is 3.08. The van der Waals surface area contributed by atoms with Gasteiger partial charge in [0, 0.05) is 12.6 Å². The Balaban J connectivity index is 4.03. The molecule has 0 aliphatic heterocycles. The first-order valence-corrected chi connectivity index (χ1v) is 7.04. The largest absolute Gasteiger partial charge is 0.389 e. The molecule has 0 radical (unpaired) electrons. The van der Waals surface area contributed by atoms with Gasteiger partial charge in [0.2, 0.25) is 0 Å². The Morgan fingerprint density at radius 1 is 1.18 bits per heavy atom. The molecule has 1 N–H and O–H groups in total. The first-order chi connectivity index (χ1) is 8.01. The SMILES string of the molecule is CCCCN(CC(O)COC(C)C)C(C)CC. The number of nitrogens with zero attached hydrogens (tertiary/aromatic N) is 1. The average Bonchev–Trinajstić information content (AvgIpc) is 2.30. The van der Waals surface area contributed by atoms with Crippen LogP contribution < -0.4 is 0 Å². The van der Waals surface area contributed by atoms with E-state index in [9.17, 15) is 5.11 Å². The van der Waals surface area contributed by atoms with Crippen LogP contribution in [-0.4, -0.2) is 48.0 Å². The zero-order valence-corrected chi connectivity index (χ0v) is 12.3. The molecular formula is C14H31NO2. The minimum absolute atomic E-state index is 0.192. The van der Waals surface area contributed by atoms with Crippen molar-refractivity contribution in [1.82, 2.24) is 4.90 Å². The maximum Gasteiger partial charge on any atom is 0.0900 e. The van der Waals surface area contributed by atoms with Gasteiger partial charge in [-0.05, 0) is 40.2 Å². The van der Waals surface area contributed by atoms with E-state index < -0.39 is 0 Å². The fraction of sp³-hybridized carbons (Fsp3) is 1.00. The van der Waals surface area contributed by atoms with Crippen molar-refractivity contribution in [2.24, 2.45) is 0 Å². The first kappa shape index (κ1) is 16.9. The average molecular weight is 245 g/mol. The second kappa shape index (κ2) is 9.86. The van der Waals surface area contributed by atoms with Gasteiger partial charge in [0.05, 0.1) is 18.8 Å². The van der Waals surface area contributed by atoms with E-state index in [-0.39, 0.29) is 12.2 Å². The van der Waals surface area contributed by atoms with E-state index in [1.807, 2.05) is 13.8 Å². The summed E-state index contributed by atoms with van der Waals surface area (Å²) >= 11 is 0. The van der Waals surface area contributed by atoms with E-state index in [0.29, 0.717) is 12.6 Å². The highest BCUT2D eigenvalue weighted by atomic mass is 16.5. The van der Waals surface area contributed by atoms with E-state index in [2.05, 4.69) is 25.7 Å². The fourth-order valence-corrected chi connectivity index (χ4v) is 1.74. The third kappa shape index (κ3) is 8.58. The Labute approximate surface area is 107 Å². The monoisotopic (exact) mass is 245 g/mol. The quantitative estimate of drug-likeness (QED) is 0.642. The zero-order chi connectivity index (χ0) is 13.3. The second-order valence-corrected chi connectivity index (χ2v) is 5.14. The molecule has 3 heteroatoms. The lowest BCUT2D eigenvalue weighted by molar-refractivity contribution is -0.0136. The van der Waals surface area contributed by atoms with Gasteiger partial charge in [-0.25, -0.2) is 0 Å². The van der Waals surface area contributed by atoms with Crippen LogP contribution in [0.15, 0.2) is 0 Å². The number of hydrogen-bond donors (Lipinski definition) is 1. The predicted molar refractivity (Wildman–Crippen MR) is 73.3 cm³/mol. The Morgan fingerprint density at radius 2 is 1.82 bits per heavy atom. The van der Waals surface area contributed by atoms with Crippen LogP contribution in [0.2, 0.25) is 0 Å². The molecule has 0 spiro atoms. The molecule has 0 aromatic rings. The lowest BCUT2D eigenvalue weighted by Gasteiger charge is -2.30. The number of ether oxygens (including phenoxy) is 1. The van der Waals surface area contributed by atoms with Gasteiger partial charge in [-0.2, -0.15) is 0 Å². The Kier molecular flexibility index (Phi) is 9.79. The molecule has 2 unspecified atom stereocenters. The number of unbranched alkanes of at least 4 members (excludes halogenated alkanes) is 1. The molecule has 0 saturated heterocycles. The highest BCUT2D eigenvalue weighted by molar-refractivity contribution is 4.70. The number of aliphatic hydroxyl groups is 1. The van der Waals surface area contributed by atoms with Crippen molar-refractivity contribution in [3.8, 4) is 0 Å². The molecule has 0 fully saturated rings. The summed E-state index contributed by atoms with van der Waals surface area (Å²) in [4.78, 5) is 2.37. The van der Waals surface area contributed by atoms with E-state index in [0.717, 1.165) is 19.5 Å². The van der Waals surface area contributed by atoms with Crippen LogP contribution in [0.3, 0.4) is 0 Å². The maximum absolute atomic E-state index is 9.95. The number of hydrogen-bond acceptors (Lipinski definition) is 3. The van der Waals surface area contributed by atoms with Crippen LogP contribution in [0.1, 0.15) is 53.9 Å². The van der Waals surface area contributed by atoms with Crippen LogP contribution >= 0.6 is 0 Å². The molecule has 0 heterocycles. The molecule has 17 heavy (non-hydrogen) atoms. The van der Waals surface area contributed by atoms with E-state index >= 15 is 0 Å². The lowest BCUT2D eigenvalue weighted by Crippen LogP contribution is -2.41. The van der Waals surface area contributed by atoms with Gasteiger partial charge in [0.1, 0.15) is 0 Å². The molecule has 0 aromatic heterocycles. The van der Waals surface area contributed by atoms with Crippen molar-refractivity contribution in [1.29, 1.82) is 0 Å². The van der Waals surface area contributed by atoms with Crippen LogP contribution in [0.4, 0.5) is 0 Å². The molecule has 0 aliphatic carbocycles. The number of rotatable bonds is 10. The summed E-state index contributed by atoms with van der Waals surface area (Å²) in [6.45, 7) is 12.9. The molecule has 0 amide bonds. The normalized spacial score (nSPS) is 15.5. The van der Waals surface area contributed by atoms with Gasteiger partial charge >= 0.3 is 0 Å². The van der Waals surface area contributed by atoms with Crippen molar-refractivity contribution >= 4 is 0 Å². The van der Waals surface area contributed by atoms with Crippen molar-refractivity contribution < 1.29 is 9.84 Å². The van der Waals surface area contributed by atoms with Crippen molar-refractivity contribution in [2.75, 3.05) is 19.7 Å². The Bertz CT molecular complexity index is 174. The van der Waals surface area contributed by atoms with Crippen LogP contribution in [0.25, 0.3) is 0 Å². The first-order valence-electron chi connectivity index (χ1n) is 7.04. The summed E-state index contributed by atoms with van der Waals surface area (Å²) < 4.78 is 5.45. The standard InChI is InChI=1S/C14H31NO2/c1-6-8-9-15(13(5)7-2)10-14(16)11-17-12(3)4/h12-14,16H,6-11H2,1-5H3. The zero-order valence-electron chi connectivity index (χ0n) is 12.3. The summed E-state index contributed by atoms with van der Waals surface area (Å²) in [6, 6.07) is 0.537. The van der Waals surface area contributed by atoms with E-state index in [4.69, 9.17) is 4.74 Å². The molecule has 0 bridgehead atoms. The maximum atomic E-state index is 9.95. The van der Waals surface area contributed by atoms with Crippen LogP contribution in [0.5, 0.6) is 0 Å². The summed E-state index contributed by atoms with van der Waals surface area (Å²) in [5, 5.41) is 9.95. The molecule has 0 rings (SSSR count). The Hall–Kier alpha value is -0.120. The minimum Gasteiger partial charge on any atom is -0.389 e. The van der Waals surface area contributed by atoms with Crippen molar-refractivity contribution in [3.05, 3.63) is 0 Å². The highest BCUT2D eigenvalue weighted by Crippen LogP contribution is 2.07. The van der Waals surface area contributed by atoms with E-state index in [1.54, 1.807) is 0 Å². The summed E-state index contributed by atoms with van der Waals surface area (Å²) in [5.74, 6) is 0. The van der Waals surface area contributed by atoms with Gasteiger partial charge in [-0.1, -0.05) is 20.3 Å². The topological polar surface area (TPSA) is 32.7 Å². The third-order valence-electron chi connectivity index (χ3n) is 3.08. The minimum atomic E-state index is -0.372. The fourth-order valence-electron chi connectivity index (χ4n) is 1.74. The van der Waals surface area contributed by atoms with E-state index in [1.165, 1.54) is 12.8 Å². The predicted octanol–water partition coefficient (Wildman–Crippen LogP) is 2.67. The van der Waals surface area contributed by atoms with Crippen LogP contribution in [0, 0.1) is 0 Å². The van der Waals surface area contributed by atoms with Gasteiger partial charge < -0.3 is 9.84 Å². The van der Waals surface area contributed by atoms with Crippen molar-refractivity contribution in [3.63, 3.8) is 0 Å². The molecule has 104 valence electrons. The molecule has 3 nitrogen and oxygen atoms in total. The second-order valence-electron chi connectivity index (χ2n) is 5.14. The van der Waals surface area contributed by atoms with Crippen LogP contribution in [-0.2, 0) is 4.74 Å². The highest BCUT2D eigenvalue weighted by Gasteiger charge is 2.16. The molecule has 0 aliphatic rings. The van der Waals surface area contributed by atoms with Gasteiger partial charge in [-0.15, -0.1) is 0 Å². The van der Waals surface area contributed by atoms with Gasteiger partial charge in [0.25, 0.3) is 0 Å². The number of aliphatic hydroxyl groups excluding tert-OH is 1. The molecular weight excluding hydrogens is 214 g/mol. The summed E-state index contributed by atoms with van der Waals surface area (Å²) in [6.07, 6.45) is 3.34. The summed E-state index contributed by atoms with van der Waals surface area (Å²) in [5.41, 5.74) is 0. The molecule has 0 aromatic carbocycles. The van der Waals surface area contributed by atoms with Gasteiger partial charge in [0.15, 0.2) is 0 Å². The summed E-state index contributed by atoms with van der Waals surface area (Å²) in [7, 11) is 0. The molecule has 2 atom stereocenters.